The molecule has 0 unspecified atom stereocenters. The fraction of sp³-hybridized carbons (Fsp3) is 1.00. The first kappa shape index (κ1) is 14.9. The smallest absolute Gasteiger partial charge is 0.264 e. The van der Waals surface area contributed by atoms with Gasteiger partial charge in [0.15, 0.2) is 0 Å². The van der Waals surface area contributed by atoms with Crippen LogP contribution in [0.1, 0.15) is 59.3 Å². The second-order valence-corrected chi connectivity index (χ2v) is 6.58. The van der Waals surface area contributed by atoms with Crippen LogP contribution in [-0.4, -0.2) is 18.7 Å². The molecule has 0 radical (unpaired) electrons. The van der Waals surface area contributed by atoms with E-state index in [0.29, 0.717) is 6.42 Å². The van der Waals surface area contributed by atoms with Crippen LogP contribution in [0.4, 0.5) is 0 Å². The van der Waals surface area contributed by atoms with Crippen molar-refractivity contribution in [1.82, 2.24) is 0 Å². The molecule has 0 aliphatic heterocycles. The van der Waals surface area contributed by atoms with E-state index in [2.05, 4.69) is 20.8 Å². The third-order valence-corrected chi connectivity index (χ3v) is 3.52. The van der Waals surface area contributed by atoms with Crippen molar-refractivity contribution in [2.75, 3.05) is 5.75 Å². The summed E-state index contributed by atoms with van der Waals surface area (Å²) in [7, 11) is -3.77. The Kier molecular flexibility index (Phi) is 6.44. The van der Waals surface area contributed by atoms with E-state index in [0.717, 1.165) is 12.8 Å². The van der Waals surface area contributed by atoms with Gasteiger partial charge in [-0.1, -0.05) is 40.0 Å². The van der Waals surface area contributed by atoms with Crippen LogP contribution in [0.25, 0.3) is 0 Å². The maximum Gasteiger partial charge on any atom is 0.264 e. The predicted octanol–water partition coefficient (Wildman–Crippen LogP) is 3.26. The zero-order valence-corrected chi connectivity index (χ0v) is 10.9. The van der Waals surface area contributed by atoms with Gasteiger partial charge in [-0.3, -0.25) is 4.55 Å². The molecule has 1 N–H and O–H groups in total. The van der Waals surface area contributed by atoms with E-state index >= 15 is 0 Å². The summed E-state index contributed by atoms with van der Waals surface area (Å²) < 4.78 is 29.7. The summed E-state index contributed by atoms with van der Waals surface area (Å²) in [5.74, 6) is -0.107. The maximum absolute atomic E-state index is 10.5. The average Bonchev–Trinajstić information content (AvgIpc) is 2.01. The molecule has 15 heavy (non-hydrogen) atoms. The van der Waals surface area contributed by atoms with Gasteiger partial charge >= 0.3 is 0 Å². The lowest BCUT2D eigenvalue weighted by Crippen LogP contribution is -2.14. The highest BCUT2D eigenvalue weighted by atomic mass is 32.2. The van der Waals surface area contributed by atoms with Crippen molar-refractivity contribution in [2.45, 2.75) is 59.3 Å². The zero-order chi connectivity index (χ0) is 11.9. The first-order valence-electron chi connectivity index (χ1n) is 5.72. The molecule has 3 nitrogen and oxygen atoms in total. The fourth-order valence-corrected chi connectivity index (χ4v) is 2.22. The highest BCUT2D eigenvalue weighted by molar-refractivity contribution is 7.85. The Balaban J connectivity index is 3.73. The third-order valence-electron chi connectivity index (χ3n) is 2.71. The van der Waals surface area contributed by atoms with Crippen molar-refractivity contribution in [3.05, 3.63) is 0 Å². The molecule has 0 heterocycles. The van der Waals surface area contributed by atoms with Gasteiger partial charge in [0.25, 0.3) is 10.1 Å². The summed E-state index contributed by atoms with van der Waals surface area (Å²) in [6.45, 7) is 6.49. The van der Waals surface area contributed by atoms with Gasteiger partial charge in [0.2, 0.25) is 0 Å². The Morgan fingerprint density at radius 2 is 1.60 bits per heavy atom. The van der Waals surface area contributed by atoms with E-state index in [4.69, 9.17) is 4.55 Å². The van der Waals surface area contributed by atoms with Crippen LogP contribution in [0.3, 0.4) is 0 Å². The molecule has 92 valence electrons. The van der Waals surface area contributed by atoms with Crippen LogP contribution in [0.15, 0.2) is 0 Å². The minimum atomic E-state index is -3.77. The second kappa shape index (κ2) is 6.48. The summed E-state index contributed by atoms with van der Waals surface area (Å²) in [5.41, 5.74) is 0.194. The monoisotopic (exact) mass is 236 g/mol. The number of hydrogen-bond acceptors (Lipinski definition) is 2. The van der Waals surface area contributed by atoms with Crippen LogP contribution in [-0.2, 0) is 10.1 Å². The molecule has 0 saturated carbocycles. The number of unbranched alkanes of at least 4 members (excludes halogenated alkanes) is 2. The SMILES string of the molecule is CCCCCC(C)(C)CCCS(=O)(=O)O. The van der Waals surface area contributed by atoms with E-state index in [1.165, 1.54) is 19.3 Å². The van der Waals surface area contributed by atoms with Crippen molar-refractivity contribution in [3.63, 3.8) is 0 Å². The van der Waals surface area contributed by atoms with E-state index in [1.54, 1.807) is 0 Å². The van der Waals surface area contributed by atoms with Crippen LogP contribution < -0.4 is 0 Å². The Labute approximate surface area is 94.0 Å². The fourth-order valence-electron chi connectivity index (χ4n) is 1.71. The Hall–Kier alpha value is -0.0900. The van der Waals surface area contributed by atoms with Crippen molar-refractivity contribution >= 4 is 10.1 Å². The molecule has 0 bridgehead atoms. The molecule has 0 aromatic heterocycles. The number of hydrogen-bond donors (Lipinski definition) is 1. The summed E-state index contributed by atoms with van der Waals surface area (Å²) in [4.78, 5) is 0. The van der Waals surface area contributed by atoms with E-state index in [9.17, 15) is 8.42 Å². The van der Waals surface area contributed by atoms with Gasteiger partial charge < -0.3 is 0 Å². The molecule has 0 atom stereocenters. The van der Waals surface area contributed by atoms with Crippen LogP contribution in [0.5, 0.6) is 0 Å². The Morgan fingerprint density at radius 3 is 2.07 bits per heavy atom. The predicted molar refractivity (Wildman–Crippen MR) is 63.6 cm³/mol. The molecule has 0 amide bonds. The molecule has 0 aromatic carbocycles. The minimum absolute atomic E-state index is 0.107. The Bertz CT molecular complexity index is 255. The van der Waals surface area contributed by atoms with Crippen molar-refractivity contribution < 1.29 is 13.0 Å². The average molecular weight is 236 g/mol. The second-order valence-electron chi connectivity index (χ2n) is 5.01. The first-order chi connectivity index (χ1) is 6.77. The van der Waals surface area contributed by atoms with Gasteiger partial charge in [-0.05, 0) is 24.7 Å². The molecule has 4 heteroatoms. The summed E-state index contributed by atoms with van der Waals surface area (Å²) in [5, 5.41) is 0. The van der Waals surface area contributed by atoms with Crippen molar-refractivity contribution in [2.24, 2.45) is 5.41 Å². The van der Waals surface area contributed by atoms with Gasteiger partial charge in [0.1, 0.15) is 0 Å². The lowest BCUT2D eigenvalue weighted by molar-refractivity contribution is 0.292. The summed E-state index contributed by atoms with van der Waals surface area (Å²) in [6.07, 6.45) is 6.19. The molecule has 0 aliphatic rings. The molecule has 0 fully saturated rings. The van der Waals surface area contributed by atoms with Crippen LogP contribution in [0.2, 0.25) is 0 Å². The van der Waals surface area contributed by atoms with E-state index in [1.807, 2.05) is 0 Å². The van der Waals surface area contributed by atoms with Gasteiger partial charge in [0, 0.05) is 0 Å². The van der Waals surface area contributed by atoms with E-state index < -0.39 is 10.1 Å². The molecule has 0 aliphatic carbocycles. The quantitative estimate of drug-likeness (QED) is 0.520. The van der Waals surface area contributed by atoms with Gasteiger partial charge in [-0.25, -0.2) is 0 Å². The number of rotatable bonds is 8. The van der Waals surface area contributed by atoms with Gasteiger partial charge in [-0.15, -0.1) is 0 Å². The zero-order valence-electron chi connectivity index (χ0n) is 10.1. The largest absolute Gasteiger partial charge is 0.286 e. The van der Waals surface area contributed by atoms with Crippen molar-refractivity contribution in [3.8, 4) is 0 Å². The lowest BCUT2D eigenvalue weighted by Gasteiger charge is -2.24. The third kappa shape index (κ3) is 10.2. The minimum Gasteiger partial charge on any atom is -0.286 e. The molecule has 0 aromatic rings. The highest BCUT2D eigenvalue weighted by Crippen LogP contribution is 2.29. The molecule has 0 saturated heterocycles. The first-order valence-corrected chi connectivity index (χ1v) is 7.33. The summed E-state index contributed by atoms with van der Waals surface area (Å²) >= 11 is 0. The van der Waals surface area contributed by atoms with Crippen LogP contribution in [0, 0.1) is 5.41 Å². The van der Waals surface area contributed by atoms with E-state index in [-0.39, 0.29) is 11.2 Å². The maximum atomic E-state index is 10.5. The topological polar surface area (TPSA) is 54.4 Å². The molecule has 0 rings (SSSR count). The highest BCUT2D eigenvalue weighted by Gasteiger charge is 2.18. The molecular formula is C11H24O3S. The Morgan fingerprint density at radius 1 is 1.07 bits per heavy atom. The normalized spacial score (nSPS) is 13.1. The van der Waals surface area contributed by atoms with Gasteiger partial charge in [-0.2, -0.15) is 8.42 Å². The standard InChI is InChI=1S/C11H24O3S/c1-4-5-6-8-11(2,3)9-7-10-15(12,13)14/h4-10H2,1-3H3,(H,12,13,14). The molecule has 0 spiro atoms. The van der Waals surface area contributed by atoms with Gasteiger partial charge in [0.05, 0.1) is 5.75 Å². The van der Waals surface area contributed by atoms with Crippen molar-refractivity contribution in [1.29, 1.82) is 0 Å². The molecular weight excluding hydrogens is 212 g/mol. The summed E-state index contributed by atoms with van der Waals surface area (Å²) in [6, 6.07) is 0. The van der Waals surface area contributed by atoms with Crippen LogP contribution >= 0.6 is 0 Å². The lowest BCUT2D eigenvalue weighted by atomic mass is 9.83.